The Morgan fingerprint density at radius 1 is 0.274 bits per heavy atom. The van der Waals surface area contributed by atoms with E-state index in [4.69, 9.17) is 37.0 Å². The van der Waals surface area contributed by atoms with Gasteiger partial charge in [0.05, 0.1) is 26.4 Å². The van der Waals surface area contributed by atoms with Crippen molar-refractivity contribution in [1.82, 2.24) is 0 Å². The SMILES string of the molecule is CC/C=C\C/C=C\C/C=C\C/C=C\C/C=C\C/C=C\CCC(=O)OCC(COP(=O)(O)OCC(O)COP(=O)(O)OCC(COC(=O)CCCCCCCC/C=C\C/C=C\C/C=C\C/C=C\CC)OC(=O)CCCCCCCCCCCCCCC)OC(=O)CCCCCCCCCCCCCCCCC. The number of carbonyl (C=O) groups is 4. The third kappa shape index (κ3) is 77.6. The molecule has 0 aliphatic rings. The second kappa shape index (κ2) is 78.6. The molecule has 610 valence electrons. The average Bonchev–Trinajstić information content (AvgIpc) is 0.933. The van der Waals surface area contributed by atoms with E-state index in [0.717, 1.165) is 148 Å². The molecule has 0 aliphatic carbocycles. The third-order valence-electron chi connectivity index (χ3n) is 17.5. The highest BCUT2D eigenvalue weighted by molar-refractivity contribution is 7.47. The van der Waals surface area contributed by atoms with Gasteiger partial charge in [0.1, 0.15) is 19.3 Å². The van der Waals surface area contributed by atoms with E-state index in [1.54, 1.807) is 0 Å². The van der Waals surface area contributed by atoms with Gasteiger partial charge in [-0.3, -0.25) is 37.3 Å². The number of hydrogen-bond donors (Lipinski definition) is 3. The summed E-state index contributed by atoms with van der Waals surface area (Å²) in [5, 5.41) is 10.7. The molecule has 3 N–H and O–H groups in total. The van der Waals surface area contributed by atoms with Gasteiger partial charge in [-0.1, -0.05) is 342 Å². The van der Waals surface area contributed by atoms with Crippen LogP contribution in [-0.2, 0) is 65.4 Å². The molecule has 0 aromatic heterocycles. The van der Waals surface area contributed by atoms with Crippen LogP contribution in [0.25, 0.3) is 0 Å². The smallest absolute Gasteiger partial charge is 0.462 e. The lowest BCUT2D eigenvalue weighted by Crippen LogP contribution is -2.30. The van der Waals surface area contributed by atoms with Crippen LogP contribution in [0.15, 0.2) is 122 Å². The van der Waals surface area contributed by atoms with Crippen molar-refractivity contribution in [3.63, 3.8) is 0 Å². The number of unbranched alkanes of at least 4 members (excludes halogenated alkanes) is 32. The first-order chi connectivity index (χ1) is 51.7. The predicted octanol–water partition coefficient (Wildman–Crippen LogP) is 24.7. The molecule has 5 atom stereocenters. The molecule has 5 unspecified atom stereocenters. The Bertz CT molecular complexity index is 2480. The number of allylic oxidation sites excluding steroid dienone is 20. The zero-order valence-corrected chi connectivity index (χ0v) is 68.6. The summed E-state index contributed by atoms with van der Waals surface area (Å²) < 4.78 is 68.7. The van der Waals surface area contributed by atoms with Gasteiger partial charge in [0.25, 0.3) is 0 Å². The second-order valence-electron chi connectivity index (χ2n) is 27.7. The first-order valence-corrected chi connectivity index (χ1v) is 44.8. The zero-order valence-electron chi connectivity index (χ0n) is 66.8. The van der Waals surface area contributed by atoms with Crippen LogP contribution in [-0.4, -0.2) is 96.7 Å². The van der Waals surface area contributed by atoms with Gasteiger partial charge < -0.3 is 33.8 Å². The van der Waals surface area contributed by atoms with Crippen LogP contribution < -0.4 is 0 Å². The van der Waals surface area contributed by atoms with Crippen molar-refractivity contribution >= 4 is 39.5 Å². The minimum atomic E-state index is -4.99. The normalized spacial score (nSPS) is 14.4. The van der Waals surface area contributed by atoms with Crippen LogP contribution in [0.5, 0.6) is 0 Å². The molecular formula is C87H150O17P2. The van der Waals surface area contributed by atoms with E-state index in [9.17, 15) is 43.2 Å². The topological polar surface area (TPSA) is 237 Å². The number of aliphatic hydroxyl groups is 1. The lowest BCUT2D eigenvalue weighted by Gasteiger charge is -2.21. The number of phosphoric acid groups is 2. The summed E-state index contributed by atoms with van der Waals surface area (Å²) in [7, 11) is -9.98. The molecule has 0 aliphatic heterocycles. The summed E-state index contributed by atoms with van der Waals surface area (Å²) in [6.07, 6.45) is 87.5. The molecular weight excluding hydrogens is 1380 g/mol. The largest absolute Gasteiger partial charge is 0.472 e. The summed E-state index contributed by atoms with van der Waals surface area (Å²) in [5.74, 6) is -2.27. The van der Waals surface area contributed by atoms with Gasteiger partial charge >= 0.3 is 39.5 Å². The Labute approximate surface area is 644 Å². The number of rotatable bonds is 78. The van der Waals surface area contributed by atoms with Crippen LogP contribution in [0.1, 0.15) is 349 Å². The Morgan fingerprint density at radius 3 is 0.811 bits per heavy atom. The molecule has 0 spiro atoms. The highest BCUT2D eigenvalue weighted by atomic mass is 31.2. The van der Waals surface area contributed by atoms with Crippen molar-refractivity contribution in [2.75, 3.05) is 39.6 Å². The van der Waals surface area contributed by atoms with Crippen molar-refractivity contribution in [2.45, 2.75) is 367 Å². The predicted molar refractivity (Wildman–Crippen MR) is 436 cm³/mol. The number of phosphoric ester groups is 2. The number of ether oxygens (including phenoxy) is 4. The Balaban J connectivity index is 5.40. The summed E-state index contributed by atoms with van der Waals surface area (Å²) in [6.45, 7) is 4.60. The minimum Gasteiger partial charge on any atom is -0.462 e. The second-order valence-corrected chi connectivity index (χ2v) is 30.6. The fourth-order valence-corrected chi connectivity index (χ4v) is 12.8. The van der Waals surface area contributed by atoms with Crippen molar-refractivity contribution in [2.24, 2.45) is 0 Å². The van der Waals surface area contributed by atoms with Gasteiger partial charge in [-0.15, -0.1) is 0 Å². The van der Waals surface area contributed by atoms with E-state index in [2.05, 4.69) is 137 Å². The highest BCUT2D eigenvalue weighted by Gasteiger charge is 2.30. The Morgan fingerprint density at radius 2 is 0.509 bits per heavy atom. The van der Waals surface area contributed by atoms with Crippen LogP contribution in [0, 0.1) is 0 Å². The fraction of sp³-hybridized carbons (Fsp3) is 0.724. The Kier molecular flexibility index (Phi) is 75.2. The molecule has 0 aromatic carbocycles. The maximum Gasteiger partial charge on any atom is 0.472 e. The molecule has 17 nitrogen and oxygen atoms in total. The van der Waals surface area contributed by atoms with Crippen molar-refractivity contribution in [3.05, 3.63) is 122 Å². The van der Waals surface area contributed by atoms with E-state index in [1.807, 2.05) is 12.2 Å². The monoisotopic (exact) mass is 1530 g/mol. The fourth-order valence-electron chi connectivity index (χ4n) is 11.2. The number of hydrogen-bond acceptors (Lipinski definition) is 15. The zero-order chi connectivity index (χ0) is 77.4. The van der Waals surface area contributed by atoms with E-state index in [0.29, 0.717) is 32.1 Å². The van der Waals surface area contributed by atoms with Gasteiger partial charge in [-0.25, -0.2) is 9.13 Å². The van der Waals surface area contributed by atoms with Crippen molar-refractivity contribution < 1.29 is 80.2 Å². The summed E-state index contributed by atoms with van der Waals surface area (Å²) >= 11 is 0. The molecule has 0 saturated carbocycles. The van der Waals surface area contributed by atoms with E-state index in [-0.39, 0.29) is 25.7 Å². The van der Waals surface area contributed by atoms with E-state index >= 15 is 0 Å². The highest BCUT2D eigenvalue weighted by Crippen LogP contribution is 2.45. The molecule has 19 heteroatoms. The van der Waals surface area contributed by atoms with Gasteiger partial charge in [0.2, 0.25) is 0 Å². The van der Waals surface area contributed by atoms with Gasteiger partial charge in [0.15, 0.2) is 12.2 Å². The maximum absolute atomic E-state index is 13.1. The van der Waals surface area contributed by atoms with Crippen LogP contribution in [0.3, 0.4) is 0 Å². The molecule has 0 amide bonds. The summed E-state index contributed by atoms with van der Waals surface area (Å²) in [6, 6.07) is 0. The van der Waals surface area contributed by atoms with E-state index < -0.39 is 97.5 Å². The Hall–Kier alpha value is -4.54. The molecule has 0 radical (unpaired) electrons. The maximum atomic E-state index is 13.1. The van der Waals surface area contributed by atoms with E-state index in [1.165, 1.54) is 116 Å². The minimum absolute atomic E-state index is 0.0370. The lowest BCUT2D eigenvalue weighted by molar-refractivity contribution is -0.161. The van der Waals surface area contributed by atoms with Gasteiger partial charge in [0, 0.05) is 25.7 Å². The molecule has 0 rings (SSSR count). The van der Waals surface area contributed by atoms with Crippen LogP contribution in [0.2, 0.25) is 0 Å². The average molecular weight is 1530 g/mol. The first-order valence-electron chi connectivity index (χ1n) is 41.8. The molecule has 0 heterocycles. The number of carbonyl (C=O) groups excluding carboxylic acids is 4. The number of esters is 4. The van der Waals surface area contributed by atoms with Gasteiger partial charge in [-0.2, -0.15) is 0 Å². The molecule has 0 bridgehead atoms. The van der Waals surface area contributed by atoms with Gasteiger partial charge in [-0.05, 0) is 103 Å². The molecule has 106 heavy (non-hydrogen) atoms. The molecule has 0 saturated heterocycles. The van der Waals surface area contributed by atoms with Crippen molar-refractivity contribution in [1.29, 1.82) is 0 Å². The lowest BCUT2D eigenvalue weighted by atomic mass is 10.0. The van der Waals surface area contributed by atoms with Crippen molar-refractivity contribution in [3.8, 4) is 0 Å². The standard InChI is InChI=1S/C87H150O17P2/c1-5-9-13-17-21-25-29-33-36-38-40-42-45-48-51-55-59-63-67-71-84(89)97-77-82(103-86(91)73-69-65-61-57-53-47-32-28-24-20-16-12-8-4)79-101-105(93,94)99-75-81(88)76-100-106(95,96)102-80-83(104-87(92)74-70-66-62-58-54-50-44-35-31-27-23-19-15-11-7-3)78-98-85(90)72-68-64-60-56-52-49-46-43-41-39-37-34-30-26-22-18-14-10-6-2/h9-10,13-14,21-22,25-26,33-34,36-37,40-43,49,52,60,64,81-83,88H,5-8,11-12,15-20,23-24,27-32,35,38-39,44-48,50-51,53-59,61-63,65-80H2,1-4H3,(H,93,94)(H,95,96)/b13-9-,14-10-,25-21-,26-22-,36-33-,37-34-,42-40-,43-41-,52-49-,64-60-. The van der Waals surface area contributed by atoms with Crippen LogP contribution in [0.4, 0.5) is 0 Å². The van der Waals surface area contributed by atoms with Crippen LogP contribution >= 0.6 is 15.6 Å². The summed E-state index contributed by atoms with van der Waals surface area (Å²) in [4.78, 5) is 73.1. The first kappa shape index (κ1) is 101. The number of aliphatic hydroxyl groups excluding tert-OH is 1. The molecule has 0 aromatic rings. The molecule has 0 fully saturated rings. The summed E-state index contributed by atoms with van der Waals surface area (Å²) in [5.41, 5.74) is 0. The quantitative estimate of drug-likeness (QED) is 0.0169. The third-order valence-corrected chi connectivity index (χ3v) is 19.4.